The molecule has 9 heteroatoms. The lowest BCUT2D eigenvalue weighted by Crippen LogP contribution is -2.43. The van der Waals surface area contributed by atoms with Crippen molar-refractivity contribution in [3.63, 3.8) is 0 Å². The fourth-order valence-corrected chi connectivity index (χ4v) is 4.46. The van der Waals surface area contributed by atoms with Crippen molar-refractivity contribution in [2.24, 2.45) is 11.8 Å². The Kier molecular flexibility index (Phi) is 8.37. The van der Waals surface area contributed by atoms with Crippen molar-refractivity contribution in [2.75, 3.05) is 18.4 Å². The van der Waals surface area contributed by atoms with Crippen LogP contribution in [-0.4, -0.2) is 46.4 Å². The number of carbonyl (C=O) groups excluding carboxylic acids is 3. The lowest BCUT2D eigenvalue weighted by molar-refractivity contribution is -0.121. The summed E-state index contributed by atoms with van der Waals surface area (Å²) in [4.78, 5) is 43.1. The summed E-state index contributed by atoms with van der Waals surface area (Å²) < 4.78 is 11.3. The summed E-state index contributed by atoms with van der Waals surface area (Å²) >= 11 is 6.41. The van der Waals surface area contributed by atoms with Crippen molar-refractivity contribution >= 4 is 35.2 Å². The van der Waals surface area contributed by atoms with E-state index in [0.29, 0.717) is 67.0 Å². The van der Waals surface area contributed by atoms with Crippen LogP contribution in [0.2, 0.25) is 5.02 Å². The fraction of sp³-hybridized carbons (Fsp3) is 0.500. The largest absolute Gasteiger partial charge is 0.457 e. The molecule has 2 aliphatic rings. The third-order valence-electron chi connectivity index (χ3n) is 6.36. The topological polar surface area (TPSA) is 97.8 Å². The minimum absolute atomic E-state index is 0.142. The predicted octanol–water partition coefficient (Wildman–Crippen LogP) is 6.02. The maximum absolute atomic E-state index is 12.8. The molecule has 1 aromatic carbocycles. The van der Waals surface area contributed by atoms with Crippen LogP contribution in [0.25, 0.3) is 0 Å². The zero-order chi connectivity index (χ0) is 26.6. The quantitative estimate of drug-likeness (QED) is 0.450. The molecule has 1 saturated carbocycles. The van der Waals surface area contributed by atoms with E-state index >= 15 is 0 Å². The van der Waals surface area contributed by atoms with Gasteiger partial charge in [0.1, 0.15) is 28.7 Å². The number of ether oxygens (including phenoxy) is 2. The summed E-state index contributed by atoms with van der Waals surface area (Å²) in [5, 5.41) is 3.34. The molecular formula is C28H34ClN3O5. The van der Waals surface area contributed by atoms with Crippen molar-refractivity contribution < 1.29 is 23.9 Å². The van der Waals surface area contributed by atoms with Gasteiger partial charge in [0.2, 0.25) is 5.91 Å². The number of aromatic nitrogens is 1. The molecule has 0 spiro atoms. The highest BCUT2D eigenvalue weighted by molar-refractivity contribution is 6.31. The van der Waals surface area contributed by atoms with Gasteiger partial charge in [0, 0.05) is 49.1 Å². The molecule has 1 saturated heterocycles. The van der Waals surface area contributed by atoms with Gasteiger partial charge in [0.15, 0.2) is 0 Å². The molecule has 0 unspecified atom stereocenters. The van der Waals surface area contributed by atoms with Gasteiger partial charge in [-0.2, -0.15) is 0 Å². The zero-order valence-electron chi connectivity index (χ0n) is 21.6. The molecule has 0 atom stereocenters. The van der Waals surface area contributed by atoms with E-state index in [-0.39, 0.29) is 23.7 Å². The fourth-order valence-electron chi connectivity index (χ4n) is 4.22. The zero-order valence-corrected chi connectivity index (χ0v) is 22.3. The Bertz CT molecular complexity index is 1150. The van der Waals surface area contributed by atoms with E-state index in [1.807, 2.05) is 26.8 Å². The number of likely N-dealkylation sites (tertiary alicyclic amines) is 1. The smallest absolute Gasteiger partial charge is 0.410 e. The number of rotatable bonds is 8. The molecule has 198 valence electrons. The number of amides is 2. The van der Waals surface area contributed by atoms with E-state index in [9.17, 15) is 14.4 Å². The SMILES string of the molecule is CC(C)(C)OC(=O)N1CCC(C(=O)Nc2cc(Oc3ccc(CC(=O)CC4CC4)c(Cl)c3)ccn2)CC1. The molecule has 8 nitrogen and oxygen atoms in total. The van der Waals surface area contributed by atoms with Gasteiger partial charge in [-0.25, -0.2) is 9.78 Å². The highest BCUT2D eigenvalue weighted by Gasteiger charge is 2.30. The number of piperidine rings is 1. The number of nitrogens with one attached hydrogen (secondary N) is 1. The standard InChI is InChI=1S/C28H34ClN3O5/c1-28(2,3)37-27(35)32-12-9-19(10-13-32)26(34)31-25-17-23(8-11-30-25)36-22-7-6-20(24(29)16-22)15-21(33)14-18-4-5-18/h6-8,11,16-19H,4-5,9-10,12-15H2,1-3H3,(H,30,31,34). The molecule has 1 aliphatic heterocycles. The number of Topliss-reactive ketones (excluding diaryl/α,β-unsaturated/α-hetero) is 1. The Morgan fingerprint density at radius 1 is 1.05 bits per heavy atom. The number of ketones is 1. The van der Waals surface area contributed by atoms with Gasteiger partial charge in [-0.05, 0) is 76.1 Å². The van der Waals surface area contributed by atoms with Crippen LogP contribution in [-0.2, 0) is 20.7 Å². The van der Waals surface area contributed by atoms with Crippen LogP contribution < -0.4 is 10.1 Å². The Morgan fingerprint density at radius 3 is 2.41 bits per heavy atom. The molecule has 37 heavy (non-hydrogen) atoms. The van der Waals surface area contributed by atoms with Crippen LogP contribution in [0.5, 0.6) is 11.5 Å². The molecule has 0 bridgehead atoms. The van der Waals surface area contributed by atoms with Crippen LogP contribution >= 0.6 is 11.6 Å². The number of halogens is 1. The van der Waals surface area contributed by atoms with Gasteiger partial charge < -0.3 is 19.7 Å². The first-order valence-corrected chi connectivity index (χ1v) is 13.2. The average Bonchev–Trinajstić information content (AvgIpc) is 3.64. The van der Waals surface area contributed by atoms with E-state index in [1.165, 1.54) is 0 Å². The van der Waals surface area contributed by atoms with E-state index in [1.54, 1.807) is 35.4 Å². The second-order valence-corrected chi connectivity index (χ2v) is 11.2. The second kappa shape index (κ2) is 11.5. The summed E-state index contributed by atoms with van der Waals surface area (Å²) in [5.74, 6) is 1.81. The molecule has 1 N–H and O–H groups in total. The van der Waals surface area contributed by atoms with E-state index in [4.69, 9.17) is 21.1 Å². The average molecular weight is 528 g/mol. The van der Waals surface area contributed by atoms with Gasteiger partial charge in [0.25, 0.3) is 0 Å². The normalized spacial score (nSPS) is 16.3. The summed E-state index contributed by atoms with van der Waals surface area (Å²) in [6.07, 6.45) is 5.56. The van der Waals surface area contributed by atoms with Crippen LogP contribution in [0.1, 0.15) is 58.4 Å². The first-order chi connectivity index (χ1) is 17.6. The van der Waals surface area contributed by atoms with E-state index in [2.05, 4.69) is 10.3 Å². The van der Waals surface area contributed by atoms with Gasteiger partial charge in [-0.3, -0.25) is 9.59 Å². The number of hydrogen-bond acceptors (Lipinski definition) is 6. The van der Waals surface area contributed by atoms with Crippen LogP contribution in [0, 0.1) is 11.8 Å². The van der Waals surface area contributed by atoms with Gasteiger partial charge >= 0.3 is 6.09 Å². The maximum Gasteiger partial charge on any atom is 0.410 e. The number of anilines is 1. The lowest BCUT2D eigenvalue weighted by atomic mass is 9.96. The van der Waals surface area contributed by atoms with Crippen LogP contribution in [0.15, 0.2) is 36.5 Å². The summed E-state index contributed by atoms with van der Waals surface area (Å²) in [6, 6.07) is 8.63. The Morgan fingerprint density at radius 2 is 1.76 bits per heavy atom. The van der Waals surface area contributed by atoms with Gasteiger partial charge in [-0.15, -0.1) is 0 Å². The number of carbonyl (C=O) groups is 3. The highest BCUT2D eigenvalue weighted by atomic mass is 35.5. The molecule has 1 aliphatic carbocycles. The number of benzene rings is 1. The molecule has 2 heterocycles. The molecule has 2 fully saturated rings. The highest BCUT2D eigenvalue weighted by Crippen LogP contribution is 2.34. The molecule has 0 radical (unpaired) electrons. The minimum Gasteiger partial charge on any atom is -0.457 e. The van der Waals surface area contributed by atoms with Crippen molar-refractivity contribution in [3.05, 3.63) is 47.1 Å². The third kappa shape index (κ3) is 8.18. The minimum atomic E-state index is -0.550. The van der Waals surface area contributed by atoms with Crippen LogP contribution in [0.4, 0.5) is 10.6 Å². The molecule has 1 aromatic heterocycles. The first kappa shape index (κ1) is 26.9. The van der Waals surface area contributed by atoms with Gasteiger partial charge in [-0.1, -0.05) is 17.7 Å². The van der Waals surface area contributed by atoms with Crippen LogP contribution in [0.3, 0.4) is 0 Å². The number of hydrogen-bond donors (Lipinski definition) is 1. The monoisotopic (exact) mass is 527 g/mol. The summed E-state index contributed by atoms with van der Waals surface area (Å²) in [5.41, 5.74) is 0.242. The lowest BCUT2D eigenvalue weighted by Gasteiger charge is -2.32. The van der Waals surface area contributed by atoms with Crippen molar-refractivity contribution in [2.45, 2.75) is 64.9 Å². The van der Waals surface area contributed by atoms with Gasteiger partial charge in [0.05, 0.1) is 0 Å². The third-order valence-corrected chi connectivity index (χ3v) is 6.71. The predicted molar refractivity (Wildman–Crippen MR) is 141 cm³/mol. The second-order valence-electron chi connectivity index (χ2n) is 10.8. The molecule has 2 aromatic rings. The Balaban J connectivity index is 1.29. The Hall–Kier alpha value is -3.13. The van der Waals surface area contributed by atoms with Crippen molar-refractivity contribution in [1.82, 2.24) is 9.88 Å². The summed E-state index contributed by atoms with van der Waals surface area (Å²) in [6.45, 7) is 6.43. The molecule has 2 amide bonds. The van der Waals surface area contributed by atoms with E-state index in [0.717, 1.165) is 18.4 Å². The first-order valence-electron chi connectivity index (χ1n) is 12.8. The van der Waals surface area contributed by atoms with Crippen molar-refractivity contribution in [1.29, 1.82) is 0 Å². The molecule has 4 rings (SSSR count). The number of nitrogens with zero attached hydrogens (tertiary/aromatic N) is 2. The molecular weight excluding hydrogens is 494 g/mol. The maximum atomic E-state index is 12.8. The van der Waals surface area contributed by atoms with E-state index < -0.39 is 5.60 Å². The number of pyridine rings is 1. The van der Waals surface area contributed by atoms with Crippen molar-refractivity contribution in [3.8, 4) is 11.5 Å². The summed E-state index contributed by atoms with van der Waals surface area (Å²) in [7, 11) is 0. The Labute approximate surface area is 222 Å².